The number of ether oxygens (including phenoxy) is 3. The van der Waals surface area contributed by atoms with Gasteiger partial charge in [0, 0.05) is 20.8 Å². The third-order valence-electron chi connectivity index (χ3n) is 5.35. The van der Waals surface area contributed by atoms with Gasteiger partial charge in [-0.15, -0.1) is 0 Å². The Hall–Kier alpha value is -3.35. The SMILES string of the molecule is CCCCOc1ccc(-c2ccc(CCC(COC(C)=O)(COC(C)=O)NC(C)=O)cc2)cc1. The van der Waals surface area contributed by atoms with Gasteiger partial charge < -0.3 is 19.5 Å². The maximum Gasteiger partial charge on any atom is 0.302 e. The molecule has 34 heavy (non-hydrogen) atoms. The van der Waals surface area contributed by atoms with Crippen molar-refractivity contribution in [1.29, 1.82) is 0 Å². The Kier molecular flexibility index (Phi) is 10.6. The van der Waals surface area contributed by atoms with Crippen molar-refractivity contribution in [3.8, 4) is 16.9 Å². The first-order chi connectivity index (χ1) is 16.2. The molecule has 184 valence electrons. The van der Waals surface area contributed by atoms with E-state index in [0.717, 1.165) is 41.9 Å². The molecule has 1 amide bonds. The molecular formula is C27H35NO6. The van der Waals surface area contributed by atoms with E-state index < -0.39 is 17.5 Å². The third kappa shape index (κ3) is 9.25. The molecule has 1 N–H and O–H groups in total. The minimum Gasteiger partial charge on any atom is -0.494 e. The van der Waals surface area contributed by atoms with Crippen molar-refractivity contribution in [3.63, 3.8) is 0 Å². The number of esters is 2. The molecule has 0 aliphatic rings. The van der Waals surface area contributed by atoms with Gasteiger partial charge in [0.2, 0.25) is 5.91 Å². The average molecular weight is 470 g/mol. The molecule has 0 saturated heterocycles. The Morgan fingerprint density at radius 3 is 1.82 bits per heavy atom. The summed E-state index contributed by atoms with van der Waals surface area (Å²) in [5.74, 6) is -0.368. The van der Waals surface area contributed by atoms with Crippen molar-refractivity contribution in [3.05, 3.63) is 54.1 Å². The fraction of sp³-hybridized carbons (Fsp3) is 0.444. The summed E-state index contributed by atoms with van der Waals surface area (Å²) in [6, 6.07) is 16.2. The Labute approximate surface area is 201 Å². The second kappa shape index (κ2) is 13.4. The van der Waals surface area contributed by atoms with Crippen LogP contribution in [0.25, 0.3) is 11.1 Å². The van der Waals surface area contributed by atoms with Gasteiger partial charge in [-0.2, -0.15) is 0 Å². The number of hydrogen-bond donors (Lipinski definition) is 1. The van der Waals surface area contributed by atoms with Crippen LogP contribution < -0.4 is 10.1 Å². The molecule has 0 unspecified atom stereocenters. The molecule has 0 spiro atoms. The molecule has 2 rings (SSSR count). The Morgan fingerprint density at radius 2 is 1.35 bits per heavy atom. The van der Waals surface area contributed by atoms with Crippen LogP contribution in [0.3, 0.4) is 0 Å². The van der Waals surface area contributed by atoms with Gasteiger partial charge in [-0.3, -0.25) is 14.4 Å². The van der Waals surface area contributed by atoms with Crippen molar-refractivity contribution < 1.29 is 28.6 Å². The number of carbonyl (C=O) groups excluding carboxylic acids is 3. The minimum atomic E-state index is -1.00. The molecule has 2 aromatic carbocycles. The van der Waals surface area contributed by atoms with E-state index in [1.807, 2.05) is 48.5 Å². The van der Waals surface area contributed by atoms with E-state index in [0.29, 0.717) is 12.8 Å². The monoisotopic (exact) mass is 469 g/mol. The van der Waals surface area contributed by atoms with E-state index in [-0.39, 0.29) is 19.1 Å². The Balaban J connectivity index is 2.08. The lowest BCUT2D eigenvalue weighted by molar-refractivity contribution is -0.150. The van der Waals surface area contributed by atoms with Gasteiger partial charge in [0.25, 0.3) is 0 Å². The smallest absolute Gasteiger partial charge is 0.302 e. The number of rotatable bonds is 13. The highest BCUT2D eigenvalue weighted by Crippen LogP contribution is 2.24. The van der Waals surface area contributed by atoms with Crippen molar-refractivity contribution in [2.24, 2.45) is 0 Å². The highest BCUT2D eigenvalue weighted by atomic mass is 16.5. The zero-order chi connectivity index (χ0) is 25.0. The first-order valence-electron chi connectivity index (χ1n) is 11.6. The second-order valence-electron chi connectivity index (χ2n) is 8.45. The van der Waals surface area contributed by atoms with E-state index in [1.54, 1.807) is 0 Å². The van der Waals surface area contributed by atoms with E-state index in [9.17, 15) is 14.4 Å². The van der Waals surface area contributed by atoms with Gasteiger partial charge >= 0.3 is 11.9 Å². The first kappa shape index (κ1) is 26.9. The Morgan fingerprint density at radius 1 is 0.824 bits per heavy atom. The average Bonchev–Trinajstić information content (AvgIpc) is 2.80. The predicted octanol–water partition coefficient (Wildman–Crippen LogP) is 4.47. The largest absolute Gasteiger partial charge is 0.494 e. The van der Waals surface area contributed by atoms with Crippen LogP contribution in [0, 0.1) is 0 Å². The first-order valence-corrected chi connectivity index (χ1v) is 11.6. The van der Waals surface area contributed by atoms with Gasteiger partial charge in [0.05, 0.1) is 6.61 Å². The molecule has 2 aromatic rings. The number of amides is 1. The zero-order valence-corrected chi connectivity index (χ0v) is 20.5. The topological polar surface area (TPSA) is 90.9 Å². The lowest BCUT2D eigenvalue weighted by Gasteiger charge is -2.33. The zero-order valence-electron chi connectivity index (χ0n) is 20.5. The third-order valence-corrected chi connectivity index (χ3v) is 5.35. The maximum atomic E-state index is 11.9. The number of benzene rings is 2. The van der Waals surface area contributed by atoms with Gasteiger partial charge in [-0.05, 0) is 48.1 Å². The fourth-order valence-corrected chi connectivity index (χ4v) is 3.50. The van der Waals surface area contributed by atoms with Crippen LogP contribution >= 0.6 is 0 Å². The standard InChI is InChI=1S/C27H35NO6/c1-5-6-17-32-26-13-11-25(12-14-26)24-9-7-23(8-10-24)15-16-27(28-20(2)29,18-33-21(3)30)19-34-22(4)31/h7-14H,5-6,15-19H2,1-4H3,(H,28,29). The summed E-state index contributed by atoms with van der Waals surface area (Å²) in [6.45, 7) is 6.67. The van der Waals surface area contributed by atoms with Crippen LogP contribution in [-0.2, 0) is 30.3 Å². The summed E-state index contributed by atoms with van der Waals surface area (Å²) in [5, 5.41) is 2.83. The highest BCUT2D eigenvalue weighted by Gasteiger charge is 2.34. The van der Waals surface area contributed by atoms with Gasteiger partial charge in [0.15, 0.2) is 0 Å². The second-order valence-corrected chi connectivity index (χ2v) is 8.45. The van der Waals surface area contributed by atoms with Crippen LogP contribution in [0.1, 0.15) is 52.5 Å². The van der Waals surface area contributed by atoms with Crippen LogP contribution in [-0.4, -0.2) is 43.2 Å². The molecule has 0 heterocycles. The van der Waals surface area contributed by atoms with Gasteiger partial charge in [0.1, 0.15) is 24.5 Å². The molecule has 0 aromatic heterocycles. The van der Waals surface area contributed by atoms with Crippen LogP contribution in [0.4, 0.5) is 0 Å². The Bertz CT molecular complexity index is 919. The van der Waals surface area contributed by atoms with E-state index >= 15 is 0 Å². The predicted molar refractivity (Wildman–Crippen MR) is 130 cm³/mol. The summed E-state index contributed by atoms with van der Waals surface area (Å²) < 4.78 is 16.1. The number of aryl methyl sites for hydroxylation is 1. The van der Waals surface area contributed by atoms with E-state index in [2.05, 4.69) is 12.2 Å². The van der Waals surface area contributed by atoms with Crippen LogP contribution in [0.5, 0.6) is 5.75 Å². The van der Waals surface area contributed by atoms with E-state index in [4.69, 9.17) is 14.2 Å². The molecule has 0 bridgehead atoms. The summed E-state index contributed by atoms with van der Waals surface area (Å²) in [7, 11) is 0. The molecule has 0 aliphatic heterocycles. The number of hydrogen-bond acceptors (Lipinski definition) is 6. The lowest BCUT2D eigenvalue weighted by atomic mass is 9.91. The number of carbonyl (C=O) groups is 3. The summed E-state index contributed by atoms with van der Waals surface area (Å²) in [6.07, 6.45) is 3.15. The van der Waals surface area contributed by atoms with Crippen molar-refractivity contribution in [1.82, 2.24) is 5.32 Å². The number of nitrogens with one attached hydrogen (secondary N) is 1. The van der Waals surface area contributed by atoms with Gasteiger partial charge in [-0.1, -0.05) is 49.7 Å². The minimum absolute atomic E-state index is 0.0834. The number of unbranched alkanes of at least 4 members (excludes halogenated alkanes) is 1. The van der Waals surface area contributed by atoms with E-state index in [1.165, 1.54) is 20.8 Å². The van der Waals surface area contributed by atoms with Crippen molar-refractivity contribution in [2.75, 3.05) is 19.8 Å². The van der Waals surface area contributed by atoms with Crippen LogP contribution in [0.15, 0.2) is 48.5 Å². The molecule has 7 heteroatoms. The quantitative estimate of drug-likeness (QED) is 0.344. The molecule has 0 saturated carbocycles. The summed E-state index contributed by atoms with van der Waals surface area (Å²) in [5.41, 5.74) is 2.21. The molecule has 0 atom stereocenters. The lowest BCUT2D eigenvalue weighted by Crippen LogP contribution is -2.55. The maximum absolute atomic E-state index is 11.9. The van der Waals surface area contributed by atoms with Gasteiger partial charge in [-0.25, -0.2) is 0 Å². The van der Waals surface area contributed by atoms with Crippen molar-refractivity contribution >= 4 is 17.8 Å². The molecular weight excluding hydrogens is 434 g/mol. The molecule has 0 aliphatic carbocycles. The summed E-state index contributed by atoms with van der Waals surface area (Å²) in [4.78, 5) is 34.7. The van der Waals surface area contributed by atoms with Crippen LogP contribution in [0.2, 0.25) is 0 Å². The molecule has 7 nitrogen and oxygen atoms in total. The summed E-state index contributed by atoms with van der Waals surface area (Å²) >= 11 is 0. The fourth-order valence-electron chi connectivity index (χ4n) is 3.50. The van der Waals surface area contributed by atoms with Crippen molar-refractivity contribution in [2.45, 2.75) is 58.9 Å². The highest BCUT2D eigenvalue weighted by molar-refractivity contribution is 5.74. The molecule has 0 fully saturated rings. The normalized spacial score (nSPS) is 10.9. The molecule has 0 radical (unpaired) electrons.